The monoisotopic (exact) mass is 362 g/mol. The molecule has 2 aromatic rings. The van der Waals surface area contributed by atoms with Gasteiger partial charge in [0.05, 0.1) is 0 Å². The molecule has 1 amide bonds. The van der Waals surface area contributed by atoms with Gasteiger partial charge in [-0.25, -0.2) is 0 Å². The molecule has 0 saturated carbocycles. The van der Waals surface area contributed by atoms with Crippen molar-refractivity contribution < 1.29 is 4.79 Å². The van der Waals surface area contributed by atoms with Crippen LogP contribution in [0.5, 0.6) is 0 Å². The molecule has 1 fully saturated rings. The minimum atomic E-state index is -0.0183. The van der Waals surface area contributed by atoms with Crippen LogP contribution >= 0.6 is 0 Å². The summed E-state index contributed by atoms with van der Waals surface area (Å²) in [5.41, 5.74) is 3.68. The van der Waals surface area contributed by atoms with E-state index in [9.17, 15) is 4.79 Å². The number of nitrogens with one attached hydrogen (secondary N) is 1. The third-order valence-electron chi connectivity index (χ3n) is 5.59. The molecule has 4 rings (SSSR count). The van der Waals surface area contributed by atoms with Gasteiger partial charge in [-0.2, -0.15) is 0 Å². The maximum absolute atomic E-state index is 11.2. The SMILES string of the molecule is O=C1C=CC(c2ccc(CN3CCC(Cc4ccncc4)CC3)cn2)CN1. The summed E-state index contributed by atoms with van der Waals surface area (Å²) < 4.78 is 0. The molecule has 4 heterocycles. The van der Waals surface area contributed by atoms with Crippen LogP contribution in [0.1, 0.15) is 35.6 Å². The Morgan fingerprint density at radius 3 is 2.56 bits per heavy atom. The number of piperidine rings is 1. The topological polar surface area (TPSA) is 58.1 Å². The minimum Gasteiger partial charge on any atom is -0.352 e. The summed E-state index contributed by atoms with van der Waals surface area (Å²) in [5.74, 6) is 0.938. The Kier molecular flexibility index (Phi) is 5.58. The molecule has 1 atom stereocenters. The number of rotatable bonds is 5. The van der Waals surface area contributed by atoms with Gasteiger partial charge in [-0.15, -0.1) is 0 Å². The highest BCUT2D eigenvalue weighted by atomic mass is 16.1. The quantitative estimate of drug-likeness (QED) is 0.888. The molecule has 27 heavy (non-hydrogen) atoms. The third kappa shape index (κ3) is 4.80. The zero-order chi connectivity index (χ0) is 18.5. The van der Waals surface area contributed by atoms with Crippen LogP contribution in [-0.4, -0.2) is 40.4 Å². The Labute approximate surface area is 160 Å². The van der Waals surface area contributed by atoms with Crippen LogP contribution in [0.2, 0.25) is 0 Å². The van der Waals surface area contributed by atoms with E-state index in [1.807, 2.05) is 24.7 Å². The van der Waals surface area contributed by atoms with E-state index < -0.39 is 0 Å². The Morgan fingerprint density at radius 2 is 1.89 bits per heavy atom. The predicted octanol–water partition coefficient (Wildman–Crippen LogP) is 2.70. The van der Waals surface area contributed by atoms with Gasteiger partial charge in [0.2, 0.25) is 5.91 Å². The van der Waals surface area contributed by atoms with Gasteiger partial charge in [0.1, 0.15) is 0 Å². The van der Waals surface area contributed by atoms with Crippen molar-refractivity contribution >= 4 is 5.91 Å². The lowest BCUT2D eigenvalue weighted by Gasteiger charge is -2.32. The van der Waals surface area contributed by atoms with E-state index in [1.165, 1.54) is 24.0 Å². The first-order valence-electron chi connectivity index (χ1n) is 9.78. The van der Waals surface area contributed by atoms with Gasteiger partial charge in [0.25, 0.3) is 0 Å². The van der Waals surface area contributed by atoms with Crippen molar-refractivity contribution in [1.82, 2.24) is 20.2 Å². The highest BCUT2D eigenvalue weighted by molar-refractivity contribution is 5.88. The fraction of sp³-hybridized carbons (Fsp3) is 0.409. The maximum Gasteiger partial charge on any atom is 0.243 e. The second-order valence-electron chi connectivity index (χ2n) is 7.58. The number of hydrogen-bond donors (Lipinski definition) is 1. The average molecular weight is 362 g/mol. The van der Waals surface area contributed by atoms with Crippen LogP contribution in [-0.2, 0) is 17.8 Å². The van der Waals surface area contributed by atoms with E-state index in [4.69, 9.17) is 0 Å². The molecule has 0 aromatic carbocycles. The van der Waals surface area contributed by atoms with Crippen LogP contribution in [0.15, 0.2) is 55.0 Å². The van der Waals surface area contributed by atoms with Crippen molar-refractivity contribution in [2.75, 3.05) is 19.6 Å². The summed E-state index contributed by atoms with van der Waals surface area (Å²) >= 11 is 0. The Balaban J connectivity index is 1.26. The van der Waals surface area contributed by atoms with Crippen molar-refractivity contribution in [3.8, 4) is 0 Å². The van der Waals surface area contributed by atoms with Gasteiger partial charge in [-0.05, 0) is 73.7 Å². The Morgan fingerprint density at radius 1 is 1.07 bits per heavy atom. The first-order valence-corrected chi connectivity index (χ1v) is 9.78. The van der Waals surface area contributed by atoms with Crippen LogP contribution in [0.25, 0.3) is 0 Å². The second kappa shape index (κ2) is 8.44. The molecule has 2 aromatic heterocycles. The van der Waals surface area contributed by atoms with Crippen molar-refractivity contribution in [1.29, 1.82) is 0 Å². The van der Waals surface area contributed by atoms with Gasteiger partial charge in [-0.3, -0.25) is 19.7 Å². The summed E-state index contributed by atoms with van der Waals surface area (Å²) in [6.07, 6.45) is 13.0. The summed E-state index contributed by atoms with van der Waals surface area (Å²) in [7, 11) is 0. The third-order valence-corrected chi connectivity index (χ3v) is 5.59. The van der Waals surface area contributed by atoms with Crippen LogP contribution < -0.4 is 5.32 Å². The van der Waals surface area contributed by atoms with Gasteiger partial charge in [0.15, 0.2) is 0 Å². The molecule has 1 unspecified atom stereocenters. The molecule has 0 radical (unpaired) electrons. The molecular weight excluding hydrogens is 336 g/mol. The Hall–Kier alpha value is -2.53. The minimum absolute atomic E-state index is 0.0183. The molecule has 140 valence electrons. The highest BCUT2D eigenvalue weighted by Gasteiger charge is 2.20. The Bertz CT molecular complexity index is 780. The first-order chi connectivity index (χ1) is 13.3. The lowest BCUT2D eigenvalue weighted by atomic mass is 9.90. The highest BCUT2D eigenvalue weighted by Crippen LogP contribution is 2.23. The van der Waals surface area contributed by atoms with Gasteiger partial charge >= 0.3 is 0 Å². The summed E-state index contributed by atoms with van der Waals surface area (Å²) in [5, 5.41) is 2.85. The summed E-state index contributed by atoms with van der Waals surface area (Å²) in [6, 6.07) is 8.53. The molecule has 1 N–H and O–H groups in total. The van der Waals surface area contributed by atoms with E-state index in [-0.39, 0.29) is 11.8 Å². The van der Waals surface area contributed by atoms with Crippen molar-refractivity contribution in [3.05, 3.63) is 71.8 Å². The van der Waals surface area contributed by atoms with Crippen LogP contribution in [0.3, 0.4) is 0 Å². The lowest BCUT2D eigenvalue weighted by Crippen LogP contribution is -2.34. The van der Waals surface area contributed by atoms with E-state index in [0.717, 1.165) is 37.7 Å². The predicted molar refractivity (Wildman–Crippen MR) is 105 cm³/mol. The largest absolute Gasteiger partial charge is 0.352 e. The number of carbonyl (C=O) groups is 1. The molecule has 1 saturated heterocycles. The smallest absolute Gasteiger partial charge is 0.243 e. The molecule has 0 aliphatic carbocycles. The van der Waals surface area contributed by atoms with Crippen molar-refractivity contribution in [2.45, 2.75) is 31.7 Å². The number of carbonyl (C=O) groups excluding carboxylic acids is 1. The molecular formula is C22H26N4O. The van der Waals surface area contributed by atoms with Crippen molar-refractivity contribution in [3.63, 3.8) is 0 Å². The molecule has 2 aliphatic rings. The number of aromatic nitrogens is 2. The second-order valence-corrected chi connectivity index (χ2v) is 7.58. The summed E-state index contributed by atoms with van der Waals surface area (Å²) in [6.45, 7) is 3.89. The van der Waals surface area contributed by atoms with E-state index >= 15 is 0 Å². The lowest BCUT2D eigenvalue weighted by molar-refractivity contribution is -0.116. The van der Waals surface area contributed by atoms with Gasteiger partial charge in [-0.1, -0.05) is 12.1 Å². The number of nitrogens with zero attached hydrogens (tertiary/aromatic N) is 3. The van der Waals surface area contributed by atoms with E-state index in [1.54, 1.807) is 6.08 Å². The van der Waals surface area contributed by atoms with E-state index in [0.29, 0.717) is 6.54 Å². The maximum atomic E-state index is 11.2. The molecule has 2 aliphatic heterocycles. The van der Waals surface area contributed by atoms with Crippen LogP contribution in [0.4, 0.5) is 0 Å². The molecule has 0 bridgehead atoms. The fourth-order valence-corrected chi connectivity index (χ4v) is 3.95. The van der Waals surface area contributed by atoms with Crippen molar-refractivity contribution in [2.24, 2.45) is 5.92 Å². The van der Waals surface area contributed by atoms with Gasteiger partial charge < -0.3 is 5.32 Å². The molecule has 0 spiro atoms. The molecule has 5 heteroatoms. The number of hydrogen-bond acceptors (Lipinski definition) is 4. The summed E-state index contributed by atoms with van der Waals surface area (Å²) in [4.78, 5) is 22.5. The number of amides is 1. The standard InChI is InChI=1S/C22H26N4O/c27-22-4-2-20(15-25-22)21-3-1-19(14-24-21)16-26-11-7-18(8-12-26)13-17-5-9-23-10-6-17/h1-6,9-10,14,18,20H,7-8,11-13,15-16H2,(H,25,27). The fourth-order valence-electron chi connectivity index (χ4n) is 3.95. The zero-order valence-corrected chi connectivity index (χ0v) is 15.6. The average Bonchev–Trinajstić information content (AvgIpc) is 2.72. The number of likely N-dealkylation sites (tertiary alicyclic amines) is 1. The first kappa shape index (κ1) is 17.9. The normalized spacial score (nSPS) is 21.2. The molecule has 5 nitrogen and oxygen atoms in total. The van der Waals surface area contributed by atoms with Gasteiger partial charge in [0, 0.05) is 43.3 Å². The van der Waals surface area contributed by atoms with E-state index in [2.05, 4.69) is 44.5 Å². The zero-order valence-electron chi connectivity index (χ0n) is 15.6. The number of pyridine rings is 2. The van der Waals surface area contributed by atoms with Crippen LogP contribution in [0, 0.1) is 5.92 Å².